The molecule has 0 aliphatic heterocycles. The molecule has 1 aliphatic rings. The number of rotatable bonds is 5. The molecule has 3 rings (SSSR count). The van der Waals surface area contributed by atoms with Crippen LogP contribution in [0.5, 0.6) is 0 Å². The van der Waals surface area contributed by atoms with Gasteiger partial charge in [0, 0.05) is 5.92 Å². The Bertz CT molecular complexity index is 841. The number of imidazole rings is 1. The average Bonchev–Trinajstić information content (AvgIpc) is 3.07. The van der Waals surface area contributed by atoms with E-state index in [1.54, 1.807) is 4.57 Å². The zero-order valence-electron chi connectivity index (χ0n) is 12.7. The Hall–Kier alpha value is -1.31. The van der Waals surface area contributed by atoms with Crippen molar-refractivity contribution in [3.05, 3.63) is 12.7 Å². The summed E-state index contributed by atoms with van der Waals surface area (Å²) in [5, 5.41) is 26.0. The molecule has 4 N–H and O–H groups in total. The average molecular weight is 375 g/mol. The standard InChI is InChI=1S/C12H17N5O5S2/c1-23-12-8-11(14-4-15-12)17(5-16-8)7-2-6(9(18)10(7)19)3-22-24(13,20)21/h4-7,9-10,18-19H,2-3H2,1H3,(H2,13,20,21)/t6-,7-,9-,10+/m0/s1. The number of fused-ring (bicyclic) bond motifs is 1. The normalized spacial score (nSPS) is 27.8. The number of aliphatic hydroxyl groups is 2. The molecule has 0 bridgehead atoms. The maximum atomic E-state index is 10.9. The van der Waals surface area contributed by atoms with E-state index in [-0.39, 0.29) is 6.61 Å². The summed E-state index contributed by atoms with van der Waals surface area (Å²) in [6.07, 6.45) is 2.85. The van der Waals surface area contributed by atoms with Crippen molar-refractivity contribution in [2.45, 2.75) is 29.7 Å². The summed E-state index contributed by atoms with van der Waals surface area (Å²) < 4.78 is 28.0. The molecule has 4 atom stereocenters. The molecule has 1 fully saturated rings. The number of hydrogen-bond acceptors (Lipinski definition) is 9. The summed E-state index contributed by atoms with van der Waals surface area (Å²) in [4.78, 5) is 12.6. The topological polar surface area (TPSA) is 153 Å². The van der Waals surface area contributed by atoms with E-state index in [0.717, 1.165) is 0 Å². The van der Waals surface area contributed by atoms with Crippen molar-refractivity contribution in [1.82, 2.24) is 19.5 Å². The van der Waals surface area contributed by atoms with E-state index in [0.29, 0.717) is 22.6 Å². The zero-order chi connectivity index (χ0) is 17.5. The molecular weight excluding hydrogens is 358 g/mol. The van der Waals surface area contributed by atoms with Gasteiger partial charge in [-0.1, -0.05) is 0 Å². The quantitative estimate of drug-likeness (QED) is 0.443. The van der Waals surface area contributed by atoms with Crippen molar-refractivity contribution in [3.8, 4) is 0 Å². The molecule has 0 unspecified atom stereocenters. The Balaban J connectivity index is 1.87. The lowest BCUT2D eigenvalue weighted by Gasteiger charge is -2.18. The number of thioether (sulfide) groups is 1. The zero-order valence-corrected chi connectivity index (χ0v) is 14.3. The molecule has 0 aromatic carbocycles. The molecule has 1 aliphatic carbocycles. The van der Waals surface area contributed by atoms with E-state index in [1.165, 1.54) is 24.4 Å². The third-order valence-electron chi connectivity index (χ3n) is 4.09. The number of nitrogens with zero attached hydrogens (tertiary/aromatic N) is 4. The molecular formula is C12H17N5O5S2. The third-order valence-corrected chi connectivity index (χ3v) is 5.24. The van der Waals surface area contributed by atoms with Crippen molar-refractivity contribution < 1.29 is 22.8 Å². The van der Waals surface area contributed by atoms with Gasteiger partial charge in [-0.05, 0) is 12.7 Å². The van der Waals surface area contributed by atoms with Crippen LogP contribution < -0.4 is 5.14 Å². The second-order valence-electron chi connectivity index (χ2n) is 5.53. The van der Waals surface area contributed by atoms with E-state index < -0.39 is 34.5 Å². The van der Waals surface area contributed by atoms with Gasteiger partial charge in [-0.2, -0.15) is 8.42 Å². The molecule has 0 amide bonds. The SMILES string of the molecule is CSc1ncnc2c1ncn2[C@H]1C[C@@H](COS(N)(=O)=O)[C@H](O)[C@@H]1O. The van der Waals surface area contributed by atoms with Crippen molar-refractivity contribution in [1.29, 1.82) is 0 Å². The lowest BCUT2D eigenvalue weighted by atomic mass is 10.1. The highest BCUT2D eigenvalue weighted by molar-refractivity contribution is 7.98. The second kappa shape index (κ2) is 6.54. The summed E-state index contributed by atoms with van der Waals surface area (Å²) >= 11 is 1.43. The van der Waals surface area contributed by atoms with Gasteiger partial charge in [-0.3, -0.25) is 4.18 Å². The summed E-state index contributed by atoms with van der Waals surface area (Å²) in [5.41, 5.74) is 1.15. The molecule has 12 heteroatoms. The Morgan fingerprint density at radius 2 is 2.12 bits per heavy atom. The summed E-state index contributed by atoms with van der Waals surface area (Å²) in [6, 6.07) is -0.510. The van der Waals surface area contributed by atoms with Crippen molar-refractivity contribution in [2.75, 3.05) is 12.9 Å². The van der Waals surface area contributed by atoms with Gasteiger partial charge < -0.3 is 14.8 Å². The van der Waals surface area contributed by atoms with E-state index in [2.05, 4.69) is 19.1 Å². The van der Waals surface area contributed by atoms with E-state index in [1.807, 2.05) is 6.26 Å². The van der Waals surface area contributed by atoms with Crippen LogP contribution in [0.3, 0.4) is 0 Å². The molecule has 2 aromatic rings. The van der Waals surface area contributed by atoms with Crippen LogP contribution in [0.4, 0.5) is 0 Å². The van der Waals surface area contributed by atoms with Gasteiger partial charge in [0.25, 0.3) is 0 Å². The fourth-order valence-electron chi connectivity index (χ4n) is 2.94. The largest absolute Gasteiger partial charge is 0.390 e. The Kier molecular flexibility index (Phi) is 4.77. The van der Waals surface area contributed by atoms with Gasteiger partial charge in [0.05, 0.1) is 25.1 Å². The van der Waals surface area contributed by atoms with E-state index >= 15 is 0 Å². The van der Waals surface area contributed by atoms with Crippen molar-refractivity contribution in [2.24, 2.45) is 11.1 Å². The molecule has 2 heterocycles. The van der Waals surface area contributed by atoms with Gasteiger partial charge in [0.15, 0.2) is 5.65 Å². The minimum Gasteiger partial charge on any atom is -0.390 e. The monoisotopic (exact) mass is 375 g/mol. The van der Waals surface area contributed by atoms with Gasteiger partial charge in [0.2, 0.25) is 0 Å². The van der Waals surface area contributed by atoms with Crippen LogP contribution in [0.15, 0.2) is 17.7 Å². The maximum absolute atomic E-state index is 10.9. The second-order valence-corrected chi connectivity index (χ2v) is 7.54. The van der Waals surface area contributed by atoms with E-state index in [4.69, 9.17) is 5.14 Å². The molecule has 1 saturated carbocycles. The number of hydrogen-bond donors (Lipinski definition) is 3. The first-order valence-electron chi connectivity index (χ1n) is 7.06. The highest BCUT2D eigenvalue weighted by Gasteiger charge is 2.43. The predicted molar refractivity (Wildman–Crippen MR) is 85.3 cm³/mol. The van der Waals surface area contributed by atoms with Crippen molar-refractivity contribution in [3.63, 3.8) is 0 Å². The van der Waals surface area contributed by atoms with Crippen LogP contribution in [-0.4, -0.2) is 63.2 Å². The molecule has 10 nitrogen and oxygen atoms in total. The van der Waals surface area contributed by atoms with Crippen molar-refractivity contribution >= 4 is 33.2 Å². The molecule has 2 aromatic heterocycles. The molecule has 0 saturated heterocycles. The smallest absolute Gasteiger partial charge is 0.333 e. The summed E-state index contributed by atoms with van der Waals surface area (Å²) in [5.74, 6) is -0.581. The first kappa shape index (κ1) is 17.5. The fraction of sp³-hybridized carbons (Fsp3) is 0.583. The Labute approximate surface area is 142 Å². The molecule has 0 radical (unpaired) electrons. The van der Waals surface area contributed by atoms with E-state index in [9.17, 15) is 18.6 Å². The minimum absolute atomic E-state index is 0.294. The van der Waals surface area contributed by atoms with Gasteiger partial charge in [-0.25, -0.2) is 20.1 Å². The Morgan fingerprint density at radius 1 is 1.38 bits per heavy atom. The lowest BCUT2D eigenvalue weighted by Crippen LogP contribution is -2.31. The number of nitrogens with two attached hydrogens (primary N) is 1. The minimum atomic E-state index is -4.10. The van der Waals surface area contributed by atoms with Crippen LogP contribution in [0.25, 0.3) is 11.2 Å². The first-order chi connectivity index (χ1) is 11.3. The summed E-state index contributed by atoms with van der Waals surface area (Å²) in [7, 11) is -4.10. The highest BCUT2D eigenvalue weighted by atomic mass is 32.2. The van der Waals surface area contributed by atoms with Crippen LogP contribution in [0.1, 0.15) is 12.5 Å². The van der Waals surface area contributed by atoms with Gasteiger partial charge >= 0.3 is 10.3 Å². The van der Waals surface area contributed by atoms with Crippen LogP contribution in [0, 0.1) is 5.92 Å². The first-order valence-corrected chi connectivity index (χ1v) is 9.76. The van der Waals surface area contributed by atoms with Gasteiger partial charge in [0.1, 0.15) is 23.0 Å². The highest BCUT2D eigenvalue weighted by Crippen LogP contribution is 2.37. The van der Waals surface area contributed by atoms with Crippen LogP contribution in [0.2, 0.25) is 0 Å². The van der Waals surface area contributed by atoms with Gasteiger partial charge in [-0.15, -0.1) is 11.8 Å². The predicted octanol–water partition coefficient (Wildman–Crippen LogP) is -0.949. The molecule has 0 spiro atoms. The lowest BCUT2D eigenvalue weighted by molar-refractivity contribution is -0.000991. The fourth-order valence-corrected chi connectivity index (χ4v) is 3.80. The maximum Gasteiger partial charge on any atom is 0.333 e. The Morgan fingerprint density at radius 3 is 2.79 bits per heavy atom. The van der Waals surface area contributed by atoms with Crippen LogP contribution >= 0.6 is 11.8 Å². The molecule has 24 heavy (non-hydrogen) atoms. The number of aromatic nitrogens is 4. The third kappa shape index (κ3) is 3.25. The van der Waals surface area contributed by atoms with Crippen LogP contribution in [-0.2, 0) is 14.5 Å². The number of aliphatic hydroxyl groups excluding tert-OH is 2. The summed E-state index contributed by atoms with van der Waals surface area (Å²) in [6.45, 7) is -0.300. The molecule has 132 valence electrons.